The van der Waals surface area contributed by atoms with Crippen LogP contribution in [0.15, 0.2) is 18.2 Å². The van der Waals surface area contributed by atoms with E-state index in [1.807, 2.05) is 0 Å². The minimum atomic E-state index is -0.384. The van der Waals surface area contributed by atoms with Gasteiger partial charge < -0.3 is 4.74 Å². The average molecular weight is 283 g/mol. The normalized spacial score (nSPS) is 13.1. The number of ether oxygens (including phenoxy) is 1. The quantitative estimate of drug-likeness (QED) is 0.507. The lowest BCUT2D eigenvalue weighted by molar-refractivity contribution is -0.385. The zero-order valence-corrected chi connectivity index (χ0v) is 12.7. The highest BCUT2D eigenvalue weighted by Crippen LogP contribution is 2.29. The van der Waals surface area contributed by atoms with E-state index in [9.17, 15) is 10.1 Å². The van der Waals surface area contributed by atoms with Crippen molar-refractivity contribution in [3.8, 4) is 5.75 Å². The number of hydrogen-bond donors (Lipinski definition) is 1. The molecule has 0 aliphatic carbocycles. The van der Waals surface area contributed by atoms with Gasteiger partial charge in [-0.2, -0.15) is 12.6 Å². The van der Waals surface area contributed by atoms with Crippen LogP contribution < -0.4 is 4.74 Å². The predicted molar refractivity (Wildman–Crippen MR) is 80.1 cm³/mol. The van der Waals surface area contributed by atoms with E-state index in [1.54, 1.807) is 19.1 Å². The highest BCUT2D eigenvalue weighted by molar-refractivity contribution is 7.80. The molecule has 0 aliphatic heterocycles. The van der Waals surface area contributed by atoms with Gasteiger partial charge in [0.15, 0.2) is 0 Å². The summed E-state index contributed by atoms with van der Waals surface area (Å²) in [7, 11) is 0. The molecule has 5 heteroatoms. The first-order chi connectivity index (χ1) is 8.75. The molecular formula is C14H21NO3S. The van der Waals surface area contributed by atoms with Gasteiger partial charge in [-0.15, -0.1) is 0 Å². The lowest BCUT2D eigenvalue weighted by atomic mass is 9.82. The van der Waals surface area contributed by atoms with Crippen molar-refractivity contribution < 1.29 is 9.66 Å². The molecule has 1 atom stereocenters. The van der Waals surface area contributed by atoms with Crippen LogP contribution in [0, 0.1) is 28.4 Å². The van der Waals surface area contributed by atoms with Gasteiger partial charge >= 0.3 is 0 Å². The smallest absolute Gasteiger partial charge is 0.272 e. The summed E-state index contributed by atoms with van der Waals surface area (Å²) < 4.78 is 5.73. The van der Waals surface area contributed by atoms with Crippen molar-refractivity contribution in [3.63, 3.8) is 0 Å². The Labute approximate surface area is 119 Å². The third-order valence-electron chi connectivity index (χ3n) is 3.26. The molecule has 1 unspecified atom stereocenters. The first kappa shape index (κ1) is 15.8. The van der Waals surface area contributed by atoms with Crippen molar-refractivity contribution in [2.24, 2.45) is 11.3 Å². The van der Waals surface area contributed by atoms with Crippen molar-refractivity contribution in [2.75, 3.05) is 12.4 Å². The second kappa shape index (κ2) is 6.28. The summed E-state index contributed by atoms with van der Waals surface area (Å²) in [4.78, 5) is 10.3. The van der Waals surface area contributed by atoms with E-state index >= 15 is 0 Å². The maximum Gasteiger partial charge on any atom is 0.272 e. The van der Waals surface area contributed by atoms with E-state index in [0.29, 0.717) is 23.8 Å². The molecule has 1 aromatic carbocycles. The second-order valence-corrected chi connectivity index (χ2v) is 6.13. The highest BCUT2D eigenvalue weighted by atomic mass is 32.1. The van der Waals surface area contributed by atoms with Gasteiger partial charge in [-0.25, -0.2) is 0 Å². The number of nitro benzene ring substituents is 1. The van der Waals surface area contributed by atoms with Crippen LogP contribution in [0.25, 0.3) is 0 Å². The number of aryl methyl sites for hydroxylation is 1. The number of thiol groups is 1. The van der Waals surface area contributed by atoms with Gasteiger partial charge in [0.25, 0.3) is 5.69 Å². The van der Waals surface area contributed by atoms with E-state index in [0.717, 1.165) is 5.75 Å². The first-order valence-corrected chi connectivity index (χ1v) is 6.87. The molecule has 0 aliphatic rings. The molecule has 4 nitrogen and oxygen atoms in total. The average Bonchev–Trinajstić information content (AvgIpc) is 2.27. The van der Waals surface area contributed by atoms with Gasteiger partial charge in [0.05, 0.1) is 11.5 Å². The Bertz CT molecular complexity index is 454. The maximum absolute atomic E-state index is 10.7. The van der Waals surface area contributed by atoms with Gasteiger partial charge in [-0.3, -0.25) is 10.1 Å². The molecule has 0 radical (unpaired) electrons. The van der Waals surface area contributed by atoms with Crippen molar-refractivity contribution in [3.05, 3.63) is 33.9 Å². The standard InChI is InChI=1S/C14H21NO3S/c1-10-7-12(5-6-13(10)15(16)17)18-8-11(9-19)14(2,3)4/h5-7,11,19H,8-9H2,1-4H3. The molecule has 0 heterocycles. The van der Waals surface area contributed by atoms with E-state index in [4.69, 9.17) is 4.74 Å². The maximum atomic E-state index is 10.7. The summed E-state index contributed by atoms with van der Waals surface area (Å²) in [5, 5.41) is 10.7. The van der Waals surface area contributed by atoms with Crippen molar-refractivity contribution in [1.82, 2.24) is 0 Å². The molecule has 0 N–H and O–H groups in total. The van der Waals surface area contributed by atoms with Crippen LogP contribution in [0.5, 0.6) is 5.75 Å². The topological polar surface area (TPSA) is 52.4 Å². The van der Waals surface area contributed by atoms with Crippen LogP contribution in [-0.4, -0.2) is 17.3 Å². The van der Waals surface area contributed by atoms with Gasteiger partial charge in [-0.05, 0) is 30.2 Å². The fourth-order valence-corrected chi connectivity index (χ4v) is 2.35. The Hall–Kier alpha value is -1.23. The van der Waals surface area contributed by atoms with Crippen LogP contribution in [0.2, 0.25) is 0 Å². The summed E-state index contributed by atoms with van der Waals surface area (Å²) in [6, 6.07) is 4.83. The number of nitro groups is 1. The molecule has 0 amide bonds. The molecule has 1 aromatic rings. The Morgan fingerprint density at radius 2 is 2.05 bits per heavy atom. The molecule has 0 spiro atoms. The number of nitrogens with zero attached hydrogens (tertiary/aromatic N) is 1. The Morgan fingerprint density at radius 1 is 1.42 bits per heavy atom. The monoisotopic (exact) mass is 283 g/mol. The van der Waals surface area contributed by atoms with Gasteiger partial charge in [0.1, 0.15) is 5.75 Å². The Balaban J connectivity index is 2.74. The third-order valence-corrected chi connectivity index (χ3v) is 3.70. The fraction of sp³-hybridized carbons (Fsp3) is 0.571. The van der Waals surface area contributed by atoms with Gasteiger partial charge in [0, 0.05) is 17.5 Å². The van der Waals surface area contributed by atoms with Crippen LogP contribution in [0.1, 0.15) is 26.3 Å². The summed E-state index contributed by atoms with van der Waals surface area (Å²) >= 11 is 4.35. The summed E-state index contributed by atoms with van der Waals surface area (Å²) in [6.07, 6.45) is 0. The lowest BCUT2D eigenvalue weighted by Gasteiger charge is -2.29. The fourth-order valence-electron chi connectivity index (χ4n) is 1.70. The summed E-state index contributed by atoms with van der Waals surface area (Å²) in [6.45, 7) is 8.73. The number of benzene rings is 1. The third kappa shape index (κ3) is 4.42. The first-order valence-electron chi connectivity index (χ1n) is 6.24. The molecular weight excluding hydrogens is 262 g/mol. The van der Waals surface area contributed by atoms with Crippen LogP contribution >= 0.6 is 12.6 Å². The Kier molecular flexibility index (Phi) is 5.23. The van der Waals surface area contributed by atoms with E-state index in [-0.39, 0.29) is 16.0 Å². The lowest BCUT2D eigenvalue weighted by Crippen LogP contribution is -2.28. The van der Waals surface area contributed by atoms with Crippen molar-refractivity contribution >= 4 is 18.3 Å². The SMILES string of the molecule is Cc1cc(OCC(CS)C(C)(C)C)ccc1[N+](=O)[O-]. The Morgan fingerprint density at radius 3 is 2.47 bits per heavy atom. The van der Waals surface area contributed by atoms with E-state index < -0.39 is 0 Å². The molecule has 0 fully saturated rings. The second-order valence-electron chi connectivity index (χ2n) is 5.76. The minimum Gasteiger partial charge on any atom is -0.493 e. The van der Waals surface area contributed by atoms with Crippen molar-refractivity contribution in [1.29, 1.82) is 0 Å². The largest absolute Gasteiger partial charge is 0.493 e. The molecule has 19 heavy (non-hydrogen) atoms. The molecule has 0 bridgehead atoms. The molecule has 106 valence electrons. The number of hydrogen-bond acceptors (Lipinski definition) is 4. The van der Waals surface area contributed by atoms with Crippen LogP contribution in [0.3, 0.4) is 0 Å². The summed E-state index contributed by atoms with van der Waals surface area (Å²) in [5.74, 6) is 1.74. The van der Waals surface area contributed by atoms with E-state index in [2.05, 4.69) is 33.4 Å². The molecule has 0 saturated heterocycles. The molecule has 1 rings (SSSR count). The van der Waals surface area contributed by atoms with Crippen LogP contribution in [-0.2, 0) is 0 Å². The zero-order valence-electron chi connectivity index (χ0n) is 11.8. The zero-order chi connectivity index (χ0) is 14.6. The van der Waals surface area contributed by atoms with Gasteiger partial charge in [0.2, 0.25) is 0 Å². The highest BCUT2D eigenvalue weighted by Gasteiger charge is 2.24. The predicted octanol–water partition coefficient (Wildman–Crippen LogP) is 3.87. The number of rotatable bonds is 5. The van der Waals surface area contributed by atoms with Gasteiger partial charge in [-0.1, -0.05) is 20.8 Å². The molecule has 0 saturated carbocycles. The minimum absolute atomic E-state index is 0.119. The van der Waals surface area contributed by atoms with E-state index in [1.165, 1.54) is 6.07 Å². The molecule has 0 aromatic heterocycles. The summed E-state index contributed by atoms with van der Waals surface area (Å²) in [5.41, 5.74) is 0.854. The van der Waals surface area contributed by atoms with Crippen LogP contribution in [0.4, 0.5) is 5.69 Å². The van der Waals surface area contributed by atoms with Crippen molar-refractivity contribution in [2.45, 2.75) is 27.7 Å².